The van der Waals surface area contributed by atoms with Crippen molar-refractivity contribution < 1.29 is 10.2 Å². The maximum atomic E-state index is 10.5. The van der Waals surface area contributed by atoms with E-state index >= 15 is 0 Å². The lowest BCUT2D eigenvalue weighted by atomic mass is 9.89. The highest BCUT2D eigenvalue weighted by atomic mass is 32.2. The molecule has 3 nitrogen and oxygen atoms in total. The van der Waals surface area contributed by atoms with Crippen molar-refractivity contribution in [3.63, 3.8) is 0 Å². The van der Waals surface area contributed by atoms with Crippen LogP contribution < -0.4 is 0 Å². The van der Waals surface area contributed by atoms with Gasteiger partial charge in [-0.15, -0.1) is 0 Å². The van der Waals surface area contributed by atoms with E-state index in [-0.39, 0.29) is 18.1 Å². The maximum absolute atomic E-state index is 10.5. The van der Waals surface area contributed by atoms with E-state index in [1.165, 1.54) is 31.6 Å². The van der Waals surface area contributed by atoms with Crippen LogP contribution in [0.4, 0.5) is 0 Å². The largest absolute Gasteiger partial charge is 0.392 e. The van der Waals surface area contributed by atoms with Crippen LogP contribution in [0, 0.1) is 17.8 Å². The molecule has 0 radical (unpaired) electrons. The van der Waals surface area contributed by atoms with Gasteiger partial charge in [0.05, 0.1) is 12.2 Å². The summed E-state index contributed by atoms with van der Waals surface area (Å²) < 4.78 is 0. The van der Waals surface area contributed by atoms with Gasteiger partial charge in [0, 0.05) is 23.8 Å². The number of hydrogen-bond acceptors (Lipinski definition) is 4. The SMILES string of the molecule is CCCCC[C@H](O)/C=C/[C@@H]1[C@H]2CC(CSCCCN(C(C)C)C(C)C)=C[C@H]2C[C@H]1O. The van der Waals surface area contributed by atoms with Gasteiger partial charge in [0.2, 0.25) is 0 Å². The fourth-order valence-electron chi connectivity index (χ4n) is 5.33. The van der Waals surface area contributed by atoms with Gasteiger partial charge in [0.1, 0.15) is 0 Å². The van der Waals surface area contributed by atoms with Gasteiger partial charge >= 0.3 is 0 Å². The van der Waals surface area contributed by atoms with E-state index in [4.69, 9.17) is 0 Å². The number of aliphatic hydroxyl groups excluding tert-OH is 2. The Balaban J connectivity index is 1.72. The summed E-state index contributed by atoms with van der Waals surface area (Å²) in [7, 11) is 0. The van der Waals surface area contributed by atoms with E-state index in [0.717, 1.165) is 31.4 Å². The zero-order valence-corrected chi connectivity index (χ0v) is 20.9. The number of hydrogen-bond donors (Lipinski definition) is 2. The monoisotopic (exact) mass is 437 g/mol. The standard InChI is InChI=1S/C26H47NO2S/c1-6-7-8-10-23(28)11-12-24-25-16-21(15-22(25)17-26(24)29)18-30-14-9-13-27(19(2)3)20(4)5/h11-12,15,19-20,22-26,28-29H,6-10,13-14,16-18H2,1-5H3/b12-11+/t22-,23-,24+,25-,26+/m0/s1. The number of fused-ring (bicyclic) bond motifs is 1. The van der Waals surface area contributed by atoms with Gasteiger partial charge in [-0.3, -0.25) is 4.90 Å². The van der Waals surface area contributed by atoms with Crippen molar-refractivity contribution in [1.29, 1.82) is 0 Å². The second-order valence-electron chi connectivity index (χ2n) is 10.0. The minimum Gasteiger partial charge on any atom is -0.392 e. The quantitative estimate of drug-likeness (QED) is 0.271. The number of thioether (sulfide) groups is 1. The summed E-state index contributed by atoms with van der Waals surface area (Å²) >= 11 is 2.07. The van der Waals surface area contributed by atoms with E-state index in [1.54, 1.807) is 5.57 Å². The van der Waals surface area contributed by atoms with Crippen LogP contribution in [0.25, 0.3) is 0 Å². The maximum Gasteiger partial charge on any atom is 0.0721 e. The van der Waals surface area contributed by atoms with Crippen LogP contribution in [0.1, 0.15) is 79.6 Å². The summed E-state index contributed by atoms with van der Waals surface area (Å²) in [6.45, 7) is 12.5. The second-order valence-corrected chi connectivity index (χ2v) is 11.1. The number of rotatable bonds is 14. The average molecular weight is 438 g/mol. The molecule has 2 aliphatic rings. The Hall–Kier alpha value is -0.290. The van der Waals surface area contributed by atoms with Crippen LogP contribution in [0.2, 0.25) is 0 Å². The molecule has 0 saturated heterocycles. The Morgan fingerprint density at radius 3 is 2.57 bits per heavy atom. The highest BCUT2D eigenvalue weighted by Crippen LogP contribution is 2.47. The predicted molar refractivity (Wildman–Crippen MR) is 132 cm³/mol. The first-order chi connectivity index (χ1) is 14.3. The molecule has 5 atom stereocenters. The summed E-state index contributed by atoms with van der Waals surface area (Å²) in [5.41, 5.74) is 1.58. The summed E-state index contributed by atoms with van der Waals surface area (Å²) in [5.74, 6) is 3.63. The molecule has 0 aliphatic heterocycles. The second kappa shape index (κ2) is 13.3. The molecule has 0 spiro atoms. The molecular weight excluding hydrogens is 390 g/mol. The third kappa shape index (κ3) is 8.00. The first kappa shape index (κ1) is 26.0. The van der Waals surface area contributed by atoms with E-state index in [1.807, 2.05) is 6.08 Å². The molecule has 0 amide bonds. The lowest BCUT2D eigenvalue weighted by Gasteiger charge is -2.30. The summed E-state index contributed by atoms with van der Waals surface area (Å²) in [6, 6.07) is 1.24. The number of unbranched alkanes of at least 4 members (excludes halogenated alkanes) is 2. The minimum atomic E-state index is -0.358. The molecule has 2 N–H and O–H groups in total. The summed E-state index contributed by atoms with van der Waals surface area (Å²) in [4.78, 5) is 2.58. The molecule has 1 fully saturated rings. The molecule has 0 aromatic heterocycles. The zero-order valence-electron chi connectivity index (χ0n) is 20.1. The molecule has 0 bridgehead atoms. The Kier molecular flexibility index (Phi) is 11.5. The Bertz CT molecular complexity index is 537. The molecule has 0 unspecified atom stereocenters. The van der Waals surface area contributed by atoms with Crippen LogP contribution in [-0.2, 0) is 0 Å². The van der Waals surface area contributed by atoms with Crippen molar-refractivity contribution in [1.82, 2.24) is 4.90 Å². The molecule has 0 aromatic rings. The molecule has 4 heteroatoms. The van der Waals surface area contributed by atoms with E-state index in [0.29, 0.717) is 23.9 Å². The number of allylic oxidation sites excluding steroid dienone is 1. The fraction of sp³-hybridized carbons (Fsp3) is 0.846. The minimum absolute atomic E-state index is 0.209. The average Bonchev–Trinajstić information content (AvgIpc) is 3.18. The van der Waals surface area contributed by atoms with Gasteiger partial charge in [0.25, 0.3) is 0 Å². The van der Waals surface area contributed by atoms with E-state index in [9.17, 15) is 10.2 Å². The van der Waals surface area contributed by atoms with Gasteiger partial charge in [0.15, 0.2) is 0 Å². The fourth-order valence-corrected chi connectivity index (χ4v) is 6.29. The van der Waals surface area contributed by atoms with E-state index < -0.39 is 0 Å². The lowest BCUT2D eigenvalue weighted by molar-refractivity contribution is 0.140. The highest BCUT2D eigenvalue weighted by Gasteiger charge is 2.43. The first-order valence-corrected chi connectivity index (χ1v) is 13.6. The first-order valence-electron chi connectivity index (χ1n) is 12.4. The van der Waals surface area contributed by atoms with Crippen LogP contribution in [0.15, 0.2) is 23.8 Å². The highest BCUT2D eigenvalue weighted by molar-refractivity contribution is 7.99. The zero-order chi connectivity index (χ0) is 22.1. The van der Waals surface area contributed by atoms with Crippen molar-refractivity contribution in [2.75, 3.05) is 18.1 Å². The van der Waals surface area contributed by atoms with Gasteiger partial charge in [-0.1, -0.05) is 50.0 Å². The van der Waals surface area contributed by atoms with Crippen molar-refractivity contribution in [3.05, 3.63) is 23.8 Å². The third-order valence-corrected chi connectivity index (χ3v) is 8.08. The third-order valence-electron chi connectivity index (χ3n) is 6.93. The van der Waals surface area contributed by atoms with Crippen molar-refractivity contribution >= 4 is 11.8 Å². The Morgan fingerprint density at radius 2 is 1.90 bits per heavy atom. The van der Waals surface area contributed by atoms with Gasteiger partial charge in [-0.25, -0.2) is 0 Å². The van der Waals surface area contributed by atoms with Crippen molar-refractivity contribution in [2.24, 2.45) is 17.8 Å². The van der Waals surface area contributed by atoms with Crippen LogP contribution in [0.3, 0.4) is 0 Å². The van der Waals surface area contributed by atoms with Crippen molar-refractivity contribution in [2.45, 2.75) is 104 Å². The Labute approximate surface area is 190 Å². The van der Waals surface area contributed by atoms with Crippen LogP contribution in [0.5, 0.6) is 0 Å². The summed E-state index contributed by atoms with van der Waals surface area (Å²) in [6.07, 6.45) is 13.5. The molecule has 2 aliphatic carbocycles. The Morgan fingerprint density at radius 1 is 1.17 bits per heavy atom. The summed E-state index contributed by atoms with van der Waals surface area (Å²) in [5, 5.41) is 20.7. The smallest absolute Gasteiger partial charge is 0.0721 e. The molecule has 30 heavy (non-hydrogen) atoms. The van der Waals surface area contributed by atoms with Gasteiger partial charge in [-0.05, 0) is 77.5 Å². The number of nitrogens with zero attached hydrogens (tertiary/aromatic N) is 1. The lowest BCUT2D eigenvalue weighted by Crippen LogP contribution is -2.37. The number of aliphatic hydroxyl groups is 2. The van der Waals surface area contributed by atoms with Gasteiger partial charge < -0.3 is 10.2 Å². The molecule has 0 aromatic carbocycles. The van der Waals surface area contributed by atoms with E-state index in [2.05, 4.69) is 63.4 Å². The molecular formula is C26H47NO2S. The predicted octanol–water partition coefficient (Wildman–Crippen LogP) is 5.67. The van der Waals surface area contributed by atoms with Gasteiger partial charge in [-0.2, -0.15) is 11.8 Å². The molecule has 174 valence electrons. The molecule has 1 saturated carbocycles. The normalized spacial score (nSPS) is 27.6. The molecule has 0 heterocycles. The topological polar surface area (TPSA) is 43.7 Å². The molecule has 2 rings (SSSR count). The van der Waals surface area contributed by atoms with Crippen molar-refractivity contribution in [3.8, 4) is 0 Å². The van der Waals surface area contributed by atoms with Crippen LogP contribution in [-0.4, -0.2) is 57.5 Å². The van der Waals surface area contributed by atoms with Crippen LogP contribution >= 0.6 is 11.8 Å².